The van der Waals surface area contributed by atoms with Gasteiger partial charge in [-0.1, -0.05) is 41.9 Å². The summed E-state index contributed by atoms with van der Waals surface area (Å²) in [5.74, 6) is -0.327. The van der Waals surface area contributed by atoms with E-state index in [-0.39, 0.29) is 18.2 Å². The van der Waals surface area contributed by atoms with Gasteiger partial charge in [-0.15, -0.1) is 0 Å². The lowest BCUT2D eigenvalue weighted by Crippen LogP contribution is -2.34. The first kappa shape index (κ1) is 19.8. The quantitative estimate of drug-likeness (QED) is 0.378. The van der Waals surface area contributed by atoms with Crippen LogP contribution < -0.4 is 20.9 Å². The fourth-order valence-electron chi connectivity index (χ4n) is 2.26. The van der Waals surface area contributed by atoms with Gasteiger partial charge in [-0.3, -0.25) is 25.8 Å². The molecule has 0 unspecified atom stereocenters. The number of nitrogens with one attached hydrogen (secondary N) is 3. The van der Waals surface area contributed by atoms with Crippen LogP contribution in [0.15, 0.2) is 60.9 Å². The van der Waals surface area contributed by atoms with Gasteiger partial charge >= 0.3 is 5.69 Å². The first-order valence-corrected chi connectivity index (χ1v) is 8.66. The van der Waals surface area contributed by atoms with E-state index in [0.717, 1.165) is 6.33 Å². The van der Waals surface area contributed by atoms with Gasteiger partial charge in [-0.2, -0.15) is 0 Å². The van der Waals surface area contributed by atoms with E-state index in [1.165, 1.54) is 0 Å². The fourth-order valence-corrected chi connectivity index (χ4v) is 2.44. The monoisotopic (exact) mass is 414 g/mol. The van der Waals surface area contributed by atoms with Crippen molar-refractivity contribution < 1.29 is 14.5 Å². The summed E-state index contributed by atoms with van der Waals surface area (Å²) in [7, 11) is 0. The Morgan fingerprint density at radius 3 is 2.48 bits per heavy atom. The summed E-state index contributed by atoms with van der Waals surface area (Å²) >= 11 is 6.07. The van der Waals surface area contributed by atoms with Crippen molar-refractivity contribution in [2.24, 2.45) is 0 Å². The summed E-state index contributed by atoms with van der Waals surface area (Å²) in [6, 6.07) is 15.5. The van der Waals surface area contributed by atoms with E-state index < -0.39 is 16.5 Å². The average molecular weight is 415 g/mol. The van der Waals surface area contributed by atoms with Gasteiger partial charge in [0.25, 0.3) is 5.91 Å². The van der Waals surface area contributed by atoms with Crippen molar-refractivity contribution in [3.05, 3.63) is 76.1 Å². The predicted octanol–water partition coefficient (Wildman–Crippen LogP) is 3.30. The van der Waals surface area contributed by atoms with Crippen molar-refractivity contribution in [1.82, 2.24) is 15.4 Å². The normalized spacial score (nSPS) is 10.1. The Bertz CT molecular complexity index is 1020. The van der Waals surface area contributed by atoms with Crippen LogP contribution in [0.5, 0.6) is 5.75 Å². The molecular weight excluding hydrogens is 400 g/mol. The van der Waals surface area contributed by atoms with E-state index >= 15 is 0 Å². The van der Waals surface area contributed by atoms with Crippen LogP contribution in [0.4, 0.5) is 23.0 Å². The number of ether oxygens (including phenoxy) is 1. The summed E-state index contributed by atoms with van der Waals surface area (Å²) in [5, 5.41) is 14.7. The van der Waals surface area contributed by atoms with E-state index in [1.807, 2.05) is 6.07 Å². The van der Waals surface area contributed by atoms with Crippen LogP contribution in [0.1, 0.15) is 0 Å². The van der Waals surface area contributed by atoms with E-state index in [0.29, 0.717) is 16.5 Å². The van der Waals surface area contributed by atoms with Crippen molar-refractivity contribution in [3.63, 3.8) is 0 Å². The number of halogens is 1. The summed E-state index contributed by atoms with van der Waals surface area (Å²) < 4.78 is 5.30. The number of hydrogen-bond donors (Lipinski definition) is 3. The molecule has 0 aliphatic carbocycles. The van der Waals surface area contributed by atoms with Crippen molar-refractivity contribution in [2.45, 2.75) is 0 Å². The van der Waals surface area contributed by atoms with Crippen LogP contribution >= 0.6 is 11.6 Å². The number of aromatic nitrogens is 2. The number of rotatable bonds is 8. The topological polar surface area (TPSA) is 131 Å². The molecule has 0 fully saturated rings. The lowest BCUT2D eigenvalue weighted by Gasteiger charge is -2.12. The minimum absolute atomic E-state index is 0.0876. The van der Waals surface area contributed by atoms with Gasteiger partial charge in [0.2, 0.25) is 11.6 Å². The Morgan fingerprint density at radius 2 is 1.76 bits per heavy atom. The van der Waals surface area contributed by atoms with Gasteiger partial charge in [-0.05, 0) is 24.3 Å². The zero-order valence-electron chi connectivity index (χ0n) is 14.8. The number of hydrazine groups is 1. The van der Waals surface area contributed by atoms with E-state index in [9.17, 15) is 14.9 Å². The number of carbonyl (C=O) groups is 1. The molecule has 1 heterocycles. The first-order chi connectivity index (χ1) is 14.0. The number of carbonyl (C=O) groups excluding carboxylic acids is 1. The smallest absolute Gasteiger partial charge is 0.355 e. The van der Waals surface area contributed by atoms with Gasteiger partial charge < -0.3 is 10.1 Å². The molecule has 0 aliphatic heterocycles. The number of amides is 1. The molecule has 0 saturated heterocycles. The Kier molecular flexibility index (Phi) is 6.38. The molecule has 0 bridgehead atoms. The Balaban J connectivity index is 1.69. The maximum Gasteiger partial charge on any atom is 0.355 e. The molecule has 3 N–H and O–H groups in total. The van der Waals surface area contributed by atoms with Crippen LogP contribution in [-0.2, 0) is 4.79 Å². The van der Waals surface area contributed by atoms with Crippen molar-refractivity contribution in [1.29, 1.82) is 0 Å². The third-order valence-electron chi connectivity index (χ3n) is 3.57. The molecule has 0 spiro atoms. The second-order valence-corrected chi connectivity index (χ2v) is 5.96. The minimum Gasteiger partial charge on any atom is -0.484 e. The van der Waals surface area contributed by atoms with E-state index in [2.05, 4.69) is 26.1 Å². The first-order valence-electron chi connectivity index (χ1n) is 8.28. The Labute approximate surface area is 170 Å². The van der Waals surface area contributed by atoms with Crippen LogP contribution in [0.3, 0.4) is 0 Å². The molecule has 0 aliphatic rings. The zero-order chi connectivity index (χ0) is 20.6. The number of anilines is 3. The number of nitrogens with zero attached hydrogens (tertiary/aromatic N) is 3. The zero-order valence-corrected chi connectivity index (χ0v) is 15.6. The maximum absolute atomic E-state index is 11.9. The largest absolute Gasteiger partial charge is 0.484 e. The molecule has 11 heteroatoms. The van der Waals surface area contributed by atoms with Crippen LogP contribution in [-0.4, -0.2) is 27.4 Å². The molecule has 0 saturated carbocycles. The van der Waals surface area contributed by atoms with Gasteiger partial charge in [0.15, 0.2) is 6.61 Å². The summed E-state index contributed by atoms with van der Waals surface area (Å²) in [6.07, 6.45) is 1.11. The molecule has 1 amide bonds. The van der Waals surface area contributed by atoms with Crippen molar-refractivity contribution in [2.75, 3.05) is 17.3 Å². The van der Waals surface area contributed by atoms with E-state index in [1.54, 1.807) is 48.5 Å². The average Bonchev–Trinajstić information content (AvgIpc) is 2.73. The second-order valence-electron chi connectivity index (χ2n) is 5.56. The van der Waals surface area contributed by atoms with Crippen LogP contribution in [0, 0.1) is 10.1 Å². The third-order valence-corrected chi connectivity index (χ3v) is 3.89. The van der Waals surface area contributed by atoms with Gasteiger partial charge in [-0.25, -0.2) is 9.97 Å². The van der Waals surface area contributed by atoms with Crippen LogP contribution in [0.2, 0.25) is 5.02 Å². The molecule has 29 heavy (non-hydrogen) atoms. The molecule has 3 aromatic rings. The molecule has 0 radical (unpaired) electrons. The fraction of sp³-hybridized carbons (Fsp3) is 0.0556. The molecule has 0 atom stereocenters. The lowest BCUT2D eigenvalue weighted by molar-refractivity contribution is -0.383. The second kappa shape index (κ2) is 9.33. The molecule has 148 valence electrons. The highest BCUT2D eigenvalue weighted by molar-refractivity contribution is 6.33. The molecule has 2 aromatic carbocycles. The maximum atomic E-state index is 11.9. The summed E-state index contributed by atoms with van der Waals surface area (Å²) in [6.45, 7) is -0.291. The lowest BCUT2D eigenvalue weighted by atomic mass is 10.3. The molecule has 10 nitrogen and oxygen atoms in total. The highest BCUT2D eigenvalue weighted by Crippen LogP contribution is 2.32. The molecule has 1 aromatic heterocycles. The van der Waals surface area contributed by atoms with Gasteiger partial charge in [0.05, 0.1) is 15.6 Å². The van der Waals surface area contributed by atoms with E-state index in [4.69, 9.17) is 16.3 Å². The summed E-state index contributed by atoms with van der Waals surface area (Å²) in [4.78, 5) is 30.5. The molecular formula is C18H15ClN6O4. The number of para-hydroxylation sites is 2. The highest BCUT2D eigenvalue weighted by Gasteiger charge is 2.24. The van der Waals surface area contributed by atoms with Crippen molar-refractivity contribution in [3.8, 4) is 5.75 Å². The van der Waals surface area contributed by atoms with Crippen molar-refractivity contribution >= 4 is 40.5 Å². The number of hydrogen-bond acceptors (Lipinski definition) is 8. The SMILES string of the molecule is O=C(COc1ccccc1)NNc1ncnc(Nc2ccccc2Cl)c1[N+](=O)[O-]. The predicted molar refractivity (Wildman–Crippen MR) is 107 cm³/mol. The van der Waals surface area contributed by atoms with Gasteiger partial charge in [0.1, 0.15) is 12.1 Å². The highest BCUT2D eigenvalue weighted by atomic mass is 35.5. The third kappa shape index (κ3) is 5.30. The van der Waals surface area contributed by atoms with Gasteiger partial charge in [0, 0.05) is 0 Å². The molecule has 3 rings (SSSR count). The Morgan fingerprint density at radius 1 is 1.07 bits per heavy atom. The minimum atomic E-state index is -0.672. The summed E-state index contributed by atoms with van der Waals surface area (Å²) in [5.41, 5.74) is 4.70. The van der Waals surface area contributed by atoms with Crippen LogP contribution in [0.25, 0.3) is 0 Å². The standard InChI is InChI=1S/C18H15ClN6O4/c19-13-8-4-5-9-14(13)22-17-16(25(27)28)18(21-11-20-17)24-23-15(26)10-29-12-6-2-1-3-7-12/h1-9,11H,10H2,(H,23,26)(H2,20,21,22,24). The number of nitro groups is 1. The Hall–Kier alpha value is -3.92. The number of benzene rings is 2.